The highest BCUT2D eigenvalue weighted by Crippen LogP contribution is 2.42. The van der Waals surface area contributed by atoms with Crippen LogP contribution in [-0.4, -0.2) is 14.0 Å². The third-order valence-electron chi connectivity index (χ3n) is 5.28. The Kier molecular flexibility index (Phi) is 5.39. The van der Waals surface area contributed by atoms with Crippen LogP contribution in [0.2, 0.25) is 0 Å². The lowest BCUT2D eigenvalue weighted by atomic mass is 9.84. The number of para-hydroxylation sites is 1. The second kappa shape index (κ2) is 7.41. The summed E-state index contributed by atoms with van der Waals surface area (Å²) in [6, 6.07) is 15.1. The van der Waals surface area contributed by atoms with Crippen LogP contribution in [0, 0.1) is 6.92 Å². The number of fused-ring (bicyclic) bond motifs is 1. The minimum absolute atomic E-state index is 0.0158. The molecule has 26 heavy (non-hydrogen) atoms. The second-order valence-electron chi connectivity index (χ2n) is 7.15. The van der Waals surface area contributed by atoms with Gasteiger partial charge in [-0.05, 0) is 31.4 Å². The van der Waals surface area contributed by atoms with Gasteiger partial charge in [-0.15, -0.1) is 0 Å². The van der Waals surface area contributed by atoms with E-state index in [4.69, 9.17) is 4.74 Å². The molecule has 2 aromatic rings. The van der Waals surface area contributed by atoms with Crippen LogP contribution in [0.1, 0.15) is 55.8 Å². The minimum Gasteiger partial charge on any atom is -0.487 e. The van der Waals surface area contributed by atoms with Crippen molar-refractivity contribution < 1.29 is 13.2 Å². The van der Waals surface area contributed by atoms with Crippen LogP contribution in [0.3, 0.4) is 0 Å². The zero-order valence-electron chi connectivity index (χ0n) is 15.7. The highest BCUT2D eigenvalue weighted by atomic mass is 32.2. The number of nitrogens with one attached hydrogen (secondary N) is 1. The summed E-state index contributed by atoms with van der Waals surface area (Å²) >= 11 is 0. The lowest BCUT2D eigenvalue weighted by molar-refractivity contribution is 0.0260. The number of hydrogen-bond donors (Lipinski definition) is 1. The molecule has 1 heterocycles. The fourth-order valence-corrected chi connectivity index (χ4v) is 4.93. The van der Waals surface area contributed by atoms with Gasteiger partial charge in [-0.1, -0.05) is 61.9 Å². The number of hydrogen-bond acceptors (Lipinski definition) is 3. The Morgan fingerprint density at radius 1 is 1.08 bits per heavy atom. The summed E-state index contributed by atoms with van der Waals surface area (Å²) in [6.45, 7) is 6.18. The van der Waals surface area contributed by atoms with Crippen molar-refractivity contribution in [2.45, 2.75) is 57.4 Å². The van der Waals surface area contributed by atoms with Crippen LogP contribution in [0.5, 0.6) is 5.75 Å². The van der Waals surface area contributed by atoms with E-state index in [1.165, 1.54) is 0 Å². The molecule has 1 N–H and O–H groups in total. The average molecular weight is 374 g/mol. The van der Waals surface area contributed by atoms with Gasteiger partial charge < -0.3 is 4.74 Å². The van der Waals surface area contributed by atoms with E-state index in [1.54, 1.807) is 0 Å². The molecule has 4 nitrogen and oxygen atoms in total. The lowest BCUT2D eigenvalue weighted by Crippen LogP contribution is -2.44. The van der Waals surface area contributed by atoms with E-state index in [0.717, 1.165) is 35.3 Å². The first-order valence-electron chi connectivity index (χ1n) is 9.20. The van der Waals surface area contributed by atoms with Gasteiger partial charge in [-0.25, -0.2) is 13.1 Å². The molecule has 3 rings (SSSR count). The van der Waals surface area contributed by atoms with Gasteiger partial charge in [0.25, 0.3) is 0 Å². The third kappa shape index (κ3) is 4.10. The molecule has 140 valence electrons. The molecule has 0 saturated heterocycles. The fraction of sp³-hybridized carbons (Fsp3) is 0.429. The quantitative estimate of drug-likeness (QED) is 0.811. The maximum Gasteiger partial charge on any atom is 0.216 e. The number of benzene rings is 2. The Balaban J connectivity index is 1.86. The van der Waals surface area contributed by atoms with Crippen molar-refractivity contribution in [3.63, 3.8) is 0 Å². The monoisotopic (exact) mass is 373 g/mol. The Bertz CT molecular complexity index is 855. The highest BCUT2D eigenvalue weighted by Gasteiger charge is 2.39. The van der Waals surface area contributed by atoms with E-state index in [0.29, 0.717) is 6.42 Å². The molecule has 0 radical (unpaired) electrons. The SMILES string of the molecule is CCC1(CC)C[C@H](NS(=O)(=O)Cc2ccc(C)cc2)c2ccccc2O1. The molecule has 1 aliphatic rings. The van der Waals surface area contributed by atoms with E-state index < -0.39 is 10.0 Å². The van der Waals surface area contributed by atoms with Gasteiger partial charge in [0.1, 0.15) is 11.4 Å². The fourth-order valence-electron chi connectivity index (χ4n) is 3.57. The zero-order chi connectivity index (χ0) is 18.8. The summed E-state index contributed by atoms with van der Waals surface area (Å²) in [5.41, 5.74) is 2.50. The van der Waals surface area contributed by atoms with Gasteiger partial charge in [-0.2, -0.15) is 0 Å². The topological polar surface area (TPSA) is 55.4 Å². The van der Waals surface area contributed by atoms with Crippen LogP contribution >= 0.6 is 0 Å². The van der Waals surface area contributed by atoms with Crippen LogP contribution in [0.4, 0.5) is 0 Å². The van der Waals surface area contributed by atoms with Crippen molar-refractivity contribution in [2.24, 2.45) is 0 Å². The predicted octanol–water partition coefficient (Wildman–Crippen LogP) is 4.50. The van der Waals surface area contributed by atoms with E-state index in [2.05, 4.69) is 18.6 Å². The summed E-state index contributed by atoms with van der Waals surface area (Å²) in [7, 11) is -3.46. The summed E-state index contributed by atoms with van der Waals surface area (Å²) in [5, 5.41) is 0. The maximum atomic E-state index is 12.8. The molecule has 0 saturated carbocycles. The molecule has 0 unspecified atom stereocenters. The minimum atomic E-state index is -3.46. The Morgan fingerprint density at radius 2 is 1.73 bits per heavy atom. The van der Waals surface area contributed by atoms with Gasteiger partial charge >= 0.3 is 0 Å². The van der Waals surface area contributed by atoms with Gasteiger partial charge in [0.05, 0.1) is 11.8 Å². The van der Waals surface area contributed by atoms with Crippen molar-refractivity contribution in [2.75, 3.05) is 0 Å². The van der Waals surface area contributed by atoms with Gasteiger partial charge in [-0.3, -0.25) is 0 Å². The molecular formula is C21H27NO3S. The first-order valence-corrected chi connectivity index (χ1v) is 10.8. The number of sulfonamides is 1. The van der Waals surface area contributed by atoms with Crippen molar-refractivity contribution in [3.05, 3.63) is 65.2 Å². The summed E-state index contributed by atoms with van der Waals surface area (Å²) < 4.78 is 34.8. The Labute approximate surface area is 156 Å². The molecule has 1 aliphatic heterocycles. The molecular weight excluding hydrogens is 346 g/mol. The molecule has 0 aromatic heterocycles. The maximum absolute atomic E-state index is 12.8. The standard InChI is InChI=1S/C21H27NO3S/c1-4-21(5-2)14-19(18-8-6-7-9-20(18)25-21)22-26(23,24)15-17-12-10-16(3)11-13-17/h6-13,19,22H,4-5,14-15H2,1-3H3/t19-/m0/s1. The molecule has 5 heteroatoms. The normalized spacial score (nSPS) is 18.8. The van der Waals surface area contributed by atoms with Crippen LogP contribution < -0.4 is 9.46 Å². The Hall–Kier alpha value is -1.85. The number of aryl methyl sites for hydroxylation is 1. The van der Waals surface area contributed by atoms with E-state index in [9.17, 15) is 8.42 Å². The van der Waals surface area contributed by atoms with Gasteiger partial charge in [0.15, 0.2) is 0 Å². The predicted molar refractivity (Wildman–Crippen MR) is 105 cm³/mol. The first kappa shape index (κ1) is 18.9. The molecule has 0 fully saturated rings. The largest absolute Gasteiger partial charge is 0.487 e. The van der Waals surface area contributed by atoms with Crippen molar-refractivity contribution in [1.82, 2.24) is 4.72 Å². The smallest absolute Gasteiger partial charge is 0.216 e. The van der Waals surface area contributed by atoms with Gasteiger partial charge in [0.2, 0.25) is 10.0 Å². The molecule has 1 atom stereocenters. The van der Waals surface area contributed by atoms with Crippen LogP contribution in [0.15, 0.2) is 48.5 Å². The average Bonchev–Trinajstić information content (AvgIpc) is 2.63. The van der Waals surface area contributed by atoms with E-state index in [-0.39, 0.29) is 17.4 Å². The van der Waals surface area contributed by atoms with Crippen molar-refractivity contribution in [3.8, 4) is 5.75 Å². The molecule has 0 bridgehead atoms. The summed E-state index contributed by atoms with van der Waals surface area (Å²) in [4.78, 5) is 0. The van der Waals surface area contributed by atoms with Crippen molar-refractivity contribution >= 4 is 10.0 Å². The first-order chi connectivity index (χ1) is 12.4. The van der Waals surface area contributed by atoms with Crippen LogP contribution in [0.25, 0.3) is 0 Å². The van der Waals surface area contributed by atoms with Crippen LogP contribution in [-0.2, 0) is 15.8 Å². The van der Waals surface area contributed by atoms with Crippen molar-refractivity contribution in [1.29, 1.82) is 0 Å². The third-order valence-corrected chi connectivity index (χ3v) is 6.64. The number of ether oxygens (including phenoxy) is 1. The van der Waals surface area contributed by atoms with E-state index >= 15 is 0 Å². The van der Waals surface area contributed by atoms with E-state index in [1.807, 2.05) is 55.5 Å². The zero-order valence-corrected chi connectivity index (χ0v) is 16.5. The second-order valence-corrected chi connectivity index (χ2v) is 8.90. The molecule has 2 aromatic carbocycles. The summed E-state index contributed by atoms with van der Waals surface area (Å²) in [5.74, 6) is 0.767. The molecule has 0 amide bonds. The molecule has 0 aliphatic carbocycles. The van der Waals surface area contributed by atoms with Gasteiger partial charge in [0, 0.05) is 12.0 Å². The lowest BCUT2D eigenvalue weighted by Gasteiger charge is -2.41. The molecule has 0 spiro atoms. The highest BCUT2D eigenvalue weighted by molar-refractivity contribution is 7.88. The summed E-state index contributed by atoms with van der Waals surface area (Å²) in [6.07, 6.45) is 2.33. The number of rotatable bonds is 6. The Morgan fingerprint density at radius 3 is 2.38 bits per heavy atom.